The lowest BCUT2D eigenvalue weighted by Crippen LogP contribution is -2.25. The molecule has 1 aliphatic rings. The first-order valence-corrected chi connectivity index (χ1v) is 8.23. The third kappa shape index (κ3) is 3.89. The Kier molecular flexibility index (Phi) is 5.26. The van der Waals surface area contributed by atoms with E-state index in [-0.39, 0.29) is 6.10 Å². The number of nitrogens with one attached hydrogen (secondary N) is 1. The minimum Gasteiger partial charge on any atom is -0.377 e. The molecule has 0 radical (unpaired) electrons. The maximum absolute atomic E-state index is 5.96. The fourth-order valence-electron chi connectivity index (χ4n) is 3.24. The fraction of sp³-hybridized carbons (Fsp3) is 0.421. The van der Waals surface area contributed by atoms with Crippen molar-refractivity contribution in [2.45, 2.75) is 19.1 Å². The summed E-state index contributed by atoms with van der Waals surface area (Å²) in [6.07, 6.45) is 5.11. The smallest absolute Gasteiger partial charge is 0.0866 e. The van der Waals surface area contributed by atoms with Gasteiger partial charge in [0, 0.05) is 63.4 Å². The van der Waals surface area contributed by atoms with Gasteiger partial charge in [-0.3, -0.25) is 4.98 Å². The Balaban J connectivity index is 1.58. The van der Waals surface area contributed by atoms with Gasteiger partial charge >= 0.3 is 0 Å². The zero-order valence-electron chi connectivity index (χ0n) is 13.9. The number of aromatic nitrogens is 1. The van der Waals surface area contributed by atoms with E-state index >= 15 is 0 Å². The summed E-state index contributed by atoms with van der Waals surface area (Å²) in [7, 11) is 4.13. The maximum Gasteiger partial charge on any atom is 0.0866 e. The van der Waals surface area contributed by atoms with Crippen LogP contribution in [0.3, 0.4) is 0 Å². The molecule has 0 spiro atoms. The van der Waals surface area contributed by atoms with Crippen molar-refractivity contribution in [1.29, 1.82) is 0 Å². The van der Waals surface area contributed by atoms with Gasteiger partial charge in [0.2, 0.25) is 0 Å². The Hall–Kier alpha value is -1.91. The molecule has 122 valence electrons. The lowest BCUT2D eigenvalue weighted by Gasteiger charge is -2.21. The number of rotatable bonds is 6. The maximum atomic E-state index is 5.96. The molecule has 4 nitrogen and oxygen atoms in total. The normalized spacial score (nSPS) is 20.6. The molecular formula is C19H25N3O. The molecule has 0 unspecified atom stereocenters. The molecule has 1 aromatic heterocycles. The number of hydrogen-bond acceptors (Lipinski definition) is 4. The van der Waals surface area contributed by atoms with Crippen molar-refractivity contribution in [3.8, 4) is 0 Å². The van der Waals surface area contributed by atoms with Crippen LogP contribution in [-0.4, -0.2) is 32.2 Å². The first-order valence-electron chi connectivity index (χ1n) is 8.23. The summed E-state index contributed by atoms with van der Waals surface area (Å²) in [6, 6.07) is 12.6. The molecule has 0 saturated carbocycles. The molecule has 1 aromatic carbocycles. The number of hydrogen-bond donors (Lipinski definition) is 1. The lowest BCUT2D eigenvalue weighted by molar-refractivity contribution is 0.0904. The summed E-state index contributed by atoms with van der Waals surface area (Å²) < 4.78 is 5.96. The van der Waals surface area contributed by atoms with E-state index in [1.807, 2.05) is 12.4 Å². The zero-order valence-corrected chi connectivity index (χ0v) is 13.9. The molecule has 23 heavy (non-hydrogen) atoms. The molecule has 1 saturated heterocycles. The second kappa shape index (κ2) is 7.57. The third-order valence-corrected chi connectivity index (χ3v) is 4.42. The third-order valence-electron chi connectivity index (χ3n) is 4.42. The van der Waals surface area contributed by atoms with Crippen molar-refractivity contribution in [3.63, 3.8) is 0 Å². The standard InChI is InChI=1S/C19H25N3O/c1-22(2)18-8-10-20-13-17(18)14-21-12-16-9-11-23-19(16)15-6-4-3-5-7-15/h3-8,10,13,16,19,21H,9,11-12,14H2,1-2H3/t16-,19-/m1/s1. The van der Waals surface area contributed by atoms with Gasteiger partial charge in [-0.15, -0.1) is 0 Å². The van der Waals surface area contributed by atoms with E-state index in [0.717, 1.165) is 26.1 Å². The van der Waals surface area contributed by atoms with E-state index in [9.17, 15) is 0 Å². The molecular weight excluding hydrogens is 286 g/mol. The molecule has 2 atom stereocenters. The van der Waals surface area contributed by atoms with Crippen LogP contribution in [0.5, 0.6) is 0 Å². The predicted molar refractivity (Wildman–Crippen MR) is 93.5 cm³/mol. The van der Waals surface area contributed by atoms with Crippen LogP contribution < -0.4 is 10.2 Å². The monoisotopic (exact) mass is 311 g/mol. The van der Waals surface area contributed by atoms with Crippen molar-refractivity contribution in [3.05, 3.63) is 59.9 Å². The Labute approximate surface area is 138 Å². The summed E-state index contributed by atoms with van der Waals surface area (Å²) >= 11 is 0. The topological polar surface area (TPSA) is 37.4 Å². The van der Waals surface area contributed by atoms with Crippen LogP contribution in [0.25, 0.3) is 0 Å². The minimum atomic E-state index is 0.214. The number of anilines is 1. The predicted octanol–water partition coefficient (Wildman–Crippen LogP) is 3.02. The summed E-state index contributed by atoms with van der Waals surface area (Å²) in [5, 5.41) is 3.59. The summed E-state index contributed by atoms with van der Waals surface area (Å²) in [6.45, 7) is 2.64. The van der Waals surface area contributed by atoms with Crippen molar-refractivity contribution >= 4 is 5.69 Å². The van der Waals surface area contributed by atoms with Gasteiger partial charge in [0.05, 0.1) is 6.10 Å². The second-order valence-electron chi connectivity index (χ2n) is 6.28. The second-order valence-corrected chi connectivity index (χ2v) is 6.28. The minimum absolute atomic E-state index is 0.214. The molecule has 0 aliphatic carbocycles. The molecule has 1 N–H and O–H groups in total. The highest BCUT2D eigenvalue weighted by atomic mass is 16.5. The van der Waals surface area contributed by atoms with Crippen LogP contribution in [0.4, 0.5) is 5.69 Å². The summed E-state index contributed by atoms with van der Waals surface area (Å²) in [5.41, 5.74) is 3.73. The van der Waals surface area contributed by atoms with E-state index in [2.05, 4.69) is 65.7 Å². The number of benzene rings is 1. The van der Waals surface area contributed by atoms with Gasteiger partial charge in [-0.05, 0) is 18.1 Å². The average molecular weight is 311 g/mol. The van der Waals surface area contributed by atoms with Crippen molar-refractivity contribution in [1.82, 2.24) is 10.3 Å². The molecule has 1 aliphatic heterocycles. The summed E-state index contributed by atoms with van der Waals surface area (Å²) in [5.74, 6) is 0.525. The van der Waals surface area contributed by atoms with Crippen LogP contribution in [0.1, 0.15) is 23.7 Å². The Morgan fingerprint density at radius 2 is 2.04 bits per heavy atom. The van der Waals surface area contributed by atoms with Crippen LogP contribution >= 0.6 is 0 Å². The van der Waals surface area contributed by atoms with Gasteiger partial charge in [0.25, 0.3) is 0 Å². The molecule has 2 aromatic rings. The van der Waals surface area contributed by atoms with Gasteiger partial charge in [-0.2, -0.15) is 0 Å². The number of nitrogens with zero attached hydrogens (tertiary/aromatic N) is 2. The SMILES string of the molecule is CN(C)c1ccncc1CNC[C@H]1CCO[C@@H]1c1ccccc1. The molecule has 1 fully saturated rings. The van der Waals surface area contributed by atoms with Gasteiger partial charge in [0.15, 0.2) is 0 Å². The van der Waals surface area contributed by atoms with E-state index in [1.165, 1.54) is 16.8 Å². The Morgan fingerprint density at radius 1 is 1.22 bits per heavy atom. The number of ether oxygens (including phenoxy) is 1. The van der Waals surface area contributed by atoms with Crippen LogP contribution in [0.15, 0.2) is 48.8 Å². The highest BCUT2D eigenvalue weighted by molar-refractivity contribution is 5.50. The lowest BCUT2D eigenvalue weighted by atomic mass is 9.95. The highest BCUT2D eigenvalue weighted by Gasteiger charge is 2.29. The van der Waals surface area contributed by atoms with Gasteiger partial charge in [-0.25, -0.2) is 0 Å². The number of pyridine rings is 1. The van der Waals surface area contributed by atoms with Crippen molar-refractivity contribution < 1.29 is 4.74 Å². The van der Waals surface area contributed by atoms with Crippen LogP contribution in [0, 0.1) is 5.92 Å². The molecule has 2 heterocycles. The Morgan fingerprint density at radius 3 is 2.83 bits per heavy atom. The van der Waals surface area contributed by atoms with Crippen LogP contribution in [-0.2, 0) is 11.3 Å². The first-order chi connectivity index (χ1) is 11.3. The van der Waals surface area contributed by atoms with Crippen molar-refractivity contribution in [2.75, 3.05) is 32.1 Å². The Bertz CT molecular complexity index is 615. The molecule has 0 amide bonds. The zero-order chi connectivity index (χ0) is 16.1. The van der Waals surface area contributed by atoms with Gasteiger partial charge < -0.3 is 15.0 Å². The van der Waals surface area contributed by atoms with Crippen molar-refractivity contribution in [2.24, 2.45) is 5.92 Å². The van der Waals surface area contributed by atoms with E-state index in [0.29, 0.717) is 5.92 Å². The van der Waals surface area contributed by atoms with E-state index in [4.69, 9.17) is 4.74 Å². The fourth-order valence-corrected chi connectivity index (χ4v) is 3.24. The highest BCUT2D eigenvalue weighted by Crippen LogP contribution is 2.34. The molecule has 4 heteroatoms. The molecule has 0 bridgehead atoms. The van der Waals surface area contributed by atoms with Crippen LogP contribution in [0.2, 0.25) is 0 Å². The summed E-state index contributed by atoms with van der Waals surface area (Å²) in [4.78, 5) is 6.38. The first kappa shape index (κ1) is 16.0. The largest absolute Gasteiger partial charge is 0.377 e. The average Bonchev–Trinajstić information content (AvgIpc) is 3.04. The van der Waals surface area contributed by atoms with Gasteiger partial charge in [-0.1, -0.05) is 30.3 Å². The van der Waals surface area contributed by atoms with E-state index < -0.39 is 0 Å². The van der Waals surface area contributed by atoms with E-state index in [1.54, 1.807) is 0 Å². The van der Waals surface area contributed by atoms with Gasteiger partial charge in [0.1, 0.15) is 0 Å². The molecule has 3 rings (SSSR count). The quantitative estimate of drug-likeness (QED) is 0.890.